The number of unbranched alkanes of at least 4 members (excludes halogenated alkanes) is 3. The third-order valence-electron chi connectivity index (χ3n) is 3.15. The lowest BCUT2D eigenvalue weighted by atomic mass is 9.96. The van der Waals surface area contributed by atoms with E-state index in [9.17, 15) is 9.90 Å². The molecule has 0 aliphatic heterocycles. The van der Waals surface area contributed by atoms with Crippen molar-refractivity contribution in [2.45, 2.75) is 52.1 Å². The van der Waals surface area contributed by atoms with Gasteiger partial charge in [-0.2, -0.15) is 0 Å². The zero-order valence-corrected chi connectivity index (χ0v) is 12.2. The minimum Gasteiger partial charge on any atom is -0.386 e. The second-order valence-corrected chi connectivity index (χ2v) is 5.46. The van der Waals surface area contributed by atoms with Crippen LogP contribution in [0.2, 0.25) is 0 Å². The molecule has 1 aromatic carbocycles. The summed E-state index contributed by atoms with van der Waals surface area (Å²) in [6.07, 6.45) is 4.58. The lowest BCUT2D eigenvalue weighted by molar-refractivity contribution is 0.0784. The molecule has 0 bridgehead atoms. The number of hydrogen-bond acceptors (Lipinski definition) is 2. The smallest absolute Gasteiger partial charge is 0.251 e. The molecule has 3 heteroatoms. The van der Waals surface area contributed by atoms with E-state index in [1.54, 1.807) is 32.0 Å². The standard InChI is InChI=1S/C16H25NO2/c1-4-5-6-7-11-17-15(18)13-9-8-10-14(12-13)16(2,3)19/h8-10,12,19H,4-7,11H2,1-3H3,(H,17,18). The number of rotatable bonds is 7. The maximum Gasteiger partial charge on any atom is 0.251 e. The number of hydrogen-bond donors (Lipinski definition) is 2. The molecular weight excluding hydrogens is 238 g/mol. The molecule has 0 atom stereocenters. The molecule has 1 rings (SSSR count). The molecule has 19 heavy (non-hydrogen) atoms. The summed E-state index contributed by atoms with van der Waals surface area (Å²) in [6.45, 7) is 6.32. The first-order chi connectivity index (χ1) is 8.95. The Hall–Kier alpha value is -1.35. The first kappa shape index (κ1) is 15.7. The van der Waals surface area contributed by atoms with Crippen LogP contribution >= 0.6 is 0 Å². The van der Waals surface area contributed by atoms with Crippen LogP contribution in [0.25, 0.3) is 0 Å². The normalized spacial score (nSPS) is 11.4. The van der Waals surface area contributed by atoms with Gasteiger partial charge in [-0.05, 0) is 38.0 Å². The SMILES string of the molecule is CCCCCCNC(=O)c1cccc(C(C)(C)O)c1. The monoisotopic (exact) mass is 263 g/mol. The molecule has 0 spiro atoms. The molecule has 0 aliphatic carbocycles. The minimum absolute atomic E-state index is 0.0670. The molecular formula is C16H25NO2. The fraction of sp³-hybridized carbons (Fsp3) is 0.562. The largest absolute Gasteiger partial charge is 0.386 e. The Bertz CT molecular complexity index is 407. The molecule has 106 valence electrons. The van der Waals surface area contributed by atoms with Gasteiger partial charge in [0.1, 0.15) is 0 Å². The van der Waals surface area contributed by atoms with Gasteiger partial charge in [-0.3, -0.25) is 4.79 Å². The van der Waals surface area contributed by atoms with E-state index in [-0.39, 0.29) is 5.91 Å². The maximum absolute atomic E-state index is 12.0. The summed E-state index contributed by atoms with van der Waals surface area (Å²) in [6, 6.07) is 7.16. The van der Waals surface area contributed by atoms with Crippen LogP contribution in [0.15, 0.2) is 24.3 Å². The van der Waals surface area contributed by atoms with Crippen molar-refractivity contribution >= 4 is 5.91 Å². The Kier molecular flexibility index (Phi) is 6.03. The highest BCUT2D eigenvalue weighted by Crippen LogP contribution is 2.20. The fourth-order valence-electron chi connectivity index (χ4n) is 1.90. The van der Waals surface area contributed by atoms with Gasteiger partial charge in [-0.15, -0.1) is 0 Å². The lowest BCUT2D eigenvalue weighted by Gasteiger charge is -2.18. The molecule has 0 saturated carbocycles. The molecule has 0 heterocycles. The second kappa shape index (κ2) is 7.29. The second-order valence-electron chi connectivity index (χ2n) is 5.46. The Morgan fingerprint density at radius 3 is 2.63 bits per heavy atom. The molecule has 0 aliphatic rings. The first-order valence-corrected chi connectivity index (χ1v) is 7.06. The van der Waals surface area contributed by atoms with Crippen LogP contribution in [-0.2, 0) is 5.60 Å². The van der Waals surface area contributed by atoms with Gasteiger partial charge in [0.2, 0.25) is 0 Å². The highest BCUT2D eigenvalue weighted by atomic mass is 16.3. The topological polar surface area (TPSA) is 49.3 Å². The molecule has 3 nitrogen and oxygen atoms in total. The third kappa shape index (κ3) is 5.43. The van der Waals surface area contributed by atoms with Crippen molar-refractivity contribution in [3.05, 3.63) is 35.4 Å². The summed E-state index contributed by atoms with van der Waals surface area (Å²) >= 11 is 0. The molecule has 2 N–H and O–H groups in total. The summed E-state index contributed by atoms with van der Waals surface area (Å²) in [5.41, 5.74) is 0.443. The van der Waals surface area contributed by atoms with E-state index in [1.165, 1.54) is 12.8 Å². The lowest BCUT2D eigenvalue weighted by Crippen LogP contribution is -2.25. The molecule has 0 radical (unpaired) electrons. The molecule has 0 saturated heterocycles. The number of amides is 1. The van der Waals surface area contributed by atoms with Crippen LogP contribution < -0.4 is 5.32 Å². The molecule has 0 fully saturated rings. The van der Waals surface area contributed by atoms with Crippen molar-refractivity contribution in [1.29, 1.82) is 0 Å². The van der Waals surface area contributed by atoms with Crippen molar-refractivity contribution in [3.63, 3.8) is 0 Å². The first-order valence-electron chi connectivity index (χ1n) is 7.06. The van der Waals surface area contributed by atoms with Gasteiger partial charge in [0, 0.05) is 12.1 Å². The average molecular weight is 263 g/mol. The summed E-state index contributed by atoms with van der Waals surface area (Å²) in [5, 5.41) is 12.9. The zero-order valence-electron chi connectivity index (χ0n) is 12.2. The highest BCUT2D eigenvalue weighted by molar-refractivity contribution is 5.94. The van der Waals surface area contributed by atoms with Gasteiger partial charge in [-0.1, -0.05) is 38.3 Å². The van der Waals surface area contributed by atoms with Crippen LogP contribution in [-0.4, -0.2) is 17.6 Å². The van der Waals surface area contributed by atoms with Gasteiger partial charge >= 0.3 is 0 Å². The van der Waals surface area contributed by atoms with Gasteiger partial charge in [0.05, 0.1) is 5.60 Å². The van der Waals surface area contributed by atoms with E-state index in [4.69, 9.17) is 0 Å². The Labute approximate surface area is 116 Å². The van der Waals surface area contributed by atoms with Gasteiger partial charge in [0.15, 0.2) is 0 Å². The minimum atomic E-state index is -0.919. The number of nitrogens with one attached hydrogen (secondary N) is 1. The van der Waals surface area contributed by atoms with Crippen LogP contribution in [0.5, 0.6) is 0 Å². The van der Waals surface area contributed by atoms with Crippen LogP contribution in [0, 0.1) is 0 Å². The van der Waals surface area contributed by atoms with Crippen molar-refractivity contribution in [2.24, 2.45) is 0 Å². The Morgan fingerprint density at radius 2 is 2.00 bits per heavy atom. The van der Waals surface area contributed by atoms with E-state index in [0.29, 0.717) is 12.1 Å². The number of carbonyl (C=O) groups is 1. The van der Waals surface area contributed by atoms with Crippen LogP contribution in [0.1, 0.15) is 62.4 Å². The summed E-state index contributed by atoms with van der Waals surface area (Å²) in [4.78, 5) is 12.0. The summed E-state index contributed by atoms with van der Waals surface area (Å²) in [7, 11) is 0. The predicted molar refractivity (Wildman–Crippen MR) is 78.2 cm³/mol. The zero-order chi connectivity index (χ0) is 14.3. The predicted octanol–water partition coefficient (Wildman–Crippen LogP) is 3.22. The Morgan fingerprint density at radius 1 is 1.26 bits per heavy atom. The molecule has 0 unspecified atom stereocenters. The van der Waals surface area contributed by atoms with E-state index < -0.39 is 5.60 Å². The van der Waals surface area contributed by atoms with Gasteiger partial charge < -0.3 is 10.4 Å². The van der Waals surface area contributed by atoms with E-state index >= 15 is 0 Å². The van der Waals surface area contributed by atoms with Crippen LogP contribution in [0.3, 0.4) is 0 Å². The van der Waals surface area contributed by atoms with Crippen molar-refractivity contribution in [1.82, 2.24) is 5.32 Å². The molecule has 1 aromatic rings. The summed E-state index contributed by atoms with van der Waals surface area (Å²) in [5.74, 6) is -0.0670. The van der Waals surface area contributed by atoms with Crippen LogP contribution in [0.4, 0.5) is 0 Å². The number of benzene rings is 1. The van der Waals surface area contributed by atoms with E-state index in [2.05, 4.69) is 12.2 Å². The maximum atomic E-state index is 12.0. The molecule has 1 amide bonds. The average Bonchev–Trinajstić information content (AvgIpc) is 2.37. The van der Waals surface area contributed by atoms with Gasteiger partial charge in [-0.25, -0.2) is 0 Å². The summed E-state index contributed by atoms with van der Waals surface area (Å²) < 4.78 is 0. The van der Waals surface area contributed by atoms with Crippen molar-refractivity contribution < 1.29 is 9.90 Å². The Balaban J connectivity index is 2.53. The quantitative estimate of drug-likeness (QED) is 0.742. The molecule has 0 aromatic heterocycles. The number of carbonyl (C=O) groups excluding carboxylic acids is 1. The van der Waals surface area contributed by atoms with Gasteiger partial charge in [0.25, 0.3) is 5.91 Å². The third-order valence-corrected chi connectivity index (χ3v) is 3.15. The van der Waals surface area contributed by atoms with Crippen molar-refractivity contribution in [2.75, 3.05) is 6.54 Å². The van der Waals surface area contributed by atoms with E-state index in [0.717, 1.165) is 18.4 Å². The van der Waals surface area contributed by atoms with Crippen molar-refractivity contribution in [3.8, 4) is 0 Å². The fourth-order valence-corrected chi connectivity index (χ4v) is 1.90. The van der Waals surface area contributed by atoms with E-state index in [1.807, 2.05) is 6.07 Å². The number of aliphatic hydroxyl groups is 1. The highest BCUT2D eigenvalue weighted by Gasteiger charge is 2.17.